The number of aliphatic carboxylic acids is 1. The van der Waals surface area contributed by atoms with Gasteiger partial charge in [-0.05, 0) is 135 Å². The summed E-state index contributed by atoms with van der Waals surface area (Å²) < 4.78 is 6.25. The standard InChI is InChI=1S/C49H72N2O8/c1-30(2)39(41(55)56)51-38(52)17-11-10-14-28-50-43(58)49-26-24-44(3,4)29-34(49)33-18-19-36-46(7)22-21-37(59-42(57)32-16-13-12-15-31(32)40(53)54)45(5,6)35(46)20-23-48(36,9)47(33,8)25-27-49/h12-13,15-16,18,30,34-37,39H,10-11,14,17,19-29H2,1-9H3,(H,50,58)(H,51,52)(H,53,54)(H,55,56)/t34?,35?,36?,37-,39-,46-,47+,48+,49-/m0/s1. The minimum Gasteiger partial charge on any atom is -0.480 e. The number of nitrogens with one attached hydrogen (secondary N) is 2. The second-order valence-electron chi connectivity index (χ2n) is 21.7. The Bertz CT molecular complexity index is 1850. The van der Waals surface area contributed by atoms with E-state index in [1.54, 1.807) is 32.0 Å². The Labute approximate surface area is 352 Å². The van der Waals surface area contributed by atoms with Crippen molar-refractivity contribution in [3.05, 3.63) is 47.0 Å². The minimum absolute atomic E-state index is 0.0221. The van der Waals surface area contributed by atoms with Crippen molar-refractivity contribution in [2.45, 2.75) is 164 Å². The fourth-order valence-corrected chi connectivity index (χ4v) is 13.6. The van der Waals surface area contributed by atoms with Gasteiger partial charge in [0.05, 0.1) is 16.5 Å². The van der Waals surface area contributed by atoms with Crippen LogP contribution >= 0.6 is 0 Å². The van der Waals surface area contributed by atoms with Gasteiger partial charge in [0.2, 0.25) is 11.8 Å². The predicted octanol–water partition coefficient (Wildman–Crippen LogP) is 9.61. The Morgan fingerprint density at radius 1 is 0.814 bits per heavy atom. The number of esters is 1. The zero-order chi connectivity index (χ0) is 43.3. The van der Waals surface area contributed by atoms with Gasteiger partial charge in [0.25, 0.3) is 0 Å². The summed E-state index contributed by atoms with van der Waals surface area (Å²) in [5.41, 5.74) is 0.993. The number of carbonyl (C=O) groups is 5. The van der Waals surface area contributed by atoms with Crippen molar-refractivity contribution >= 4 is 29.7 Å². The Balaban J connectivity index is 1.15. The fraction of sp³-hybridized carbons (Fsp3) is 0.735. The van der Waals surface area contributed by atoms with Gasteiger partial charge < -0.3 is 25.6 Å². The van der Waals surface area contributed by atoms with Gasteiger partial charge >= 0.3 is 17.9 Å². The number of fused-ring (bicyclic) bond motifs is 7. The summed E-state index contributed by atoms with van der Waals surface area (Å²) in [5.74, 6) is -2.03. The number of hydrogen-bond donors (Lipinski definition) is 4. The topological polar surface area (TPSA) is 159 Å². The van der Waals surface area contributed by atoms with Crippen LogP contribution in [0.2, 0.25) is 0 Å². The maximum absolute atomic E-state index is 14.5. The van der Waals surface area contributed by atoms with Crippen molar-refractivity contribution in [2.75, 3.05) is 6.54 Å². The third kappa shape index (κ3) is 7.88. The van der Waals surface area contributed by atoms with Crippen LogP contribution in [0, 0.1) is 56.2 Å². The first-order valence-corrected chi connectivity index (χ1v) is 22.6. The Morgan fingerprint density at radius 3 is 2.15 bits per heavy atom. The SMILES string of the molecule is CC(C)[C@H](NC(=O)CCCCCNC(=O)[C@]12CCC(C)(C)CC1C1=CCC3[C@@]4(C)CC[C@H](OC(=O)c5ccccc5C(=O)O)C(C)(C)C4CC[C@@]3(C)[C@]1(C)CC2)C(=O)O. The zero-order valence-corrected chi connectivity index (χ0v) is 37.3. The summed E-state index contributed by atoms with van der Waals surface area (Å²) in [4.78, 5) is 63.9. The largest absolute Gasteiger partial charge is 0.480 e. The molecule has 10 nitrogen and oxygen atoms in total. The number of carboxylic acid groups (broad SMARTS) is 2. The lowest BCUT2D eigenvalue weighted by Crippen LogP contribution is -2.65. The van der Waals surface area contributed by atoms with Crippen LogP contribution in [0.1, 0.15) is 173 Å². The zero-order valence-electron chi connectivity index (χ0n) is 37.3. The first-order valence-electron chi connectivity index (χ1n) is 22.6. The molecule has 4 saturated carbocycles. The third-order valence-corrected chi connectivity index (χ3v) is 17.3. The molecule has 2 amide bonds. The van der Waals surface area contributed by atoms with Crippen molar-refractivity contribution in [3.8, 4) is 0 Å². The summed E-state index contributed by atoms with van der Waals surface area (Å²) in [6.07, 6.45) is 14.2. The number of unbranched alkanes of at least 4 members (excludes halogenated alkanes) is 2. The first kappa shape index (κ1) is 44.9. The Morgan fingerprint density at radius 2 is 1.49 bits per heavy atom. The van der Waals surface area contributed by atoms with Gasteiger partial charge in [-0.25, -0.2) is 14.4 Å². The summed E-state index contributed by atoms with van der Waals surface area (Å²) in [6, 6.07) is 5.42. The molecule has 0 heterocycles. The van der Waals surface area contributed by atoms with Gasteiger partial charge in [0, 0.05) is 18.4 Å². The van der Waals surface area contributed by atoms with E-state index in [-0.39, 0.29) is 74.4 Å². The number of allylic oxidation sites excluding steroid dienone is 2. The van der Waals surface area contributed by atoms with E-state index < -0.39 is 29.4 Å². The fourth-order valence-electron chi connectivity index (χ4n) is 13.6. The molecule has 0 bridgehead atoms. The van der Waals surface area contributed by atoms with Crippen molar-refractivity contribution in [1.82, 2.24) is 10.6 Å². The molecule has 3 unspecified atom stereocenters. The summed E-state index contributed by atoms with van der Waals surface area (Å²) in [6.45, 7) is 20.9. The molecule has 1 aromatic carbocycles. The van der Waals surface area contributed by atoms with E-state index in [0.717, 1.165) is 77.0 Å². The van der Waals surface area contributed by atoms with Gasteiger partial charge in [-0.15, -0.1) is 0 Å². The normalized spacial score (nSPS) is 34.7. The lowest BCUT2D eigenvalue weighted by molar-refractivity contribution is -0.204. The number of hydrogen-bond acceptors (Lipinski definition) is 6. The number of ether oxygens (including phenoxy) is 1. The molecule has 4 fully saturated rings. The van der Waals surface area contributed by atoms with Gasteiger partial charge in [-0.2, -0.15) is 0 Å². The van der Waals surface area contributed by atoms with Gasteiger partial charge in [-0.3, -0.25) is 9.59 Å². The number of carboxylic acids is 2. The monoisotopic (exact) mass is 817 g/mol. The molecule has 6 rings (SSSR count). The van der Waals surface area contributed by atoms with Gasteiger partial charge in [0.1, 0.15) is 12.1 Å². The maximum atomic E-state index is 14.5. The molecule has 0 saturated heterocycles. The van der Waals surface area contributed by atoms with Crippen LogP contribution in [-0.4, -0.2) is 58.6 Å². The predicted molar refractivity (Wildman–Crippen MR) is 228 cm³/mol. The smallest absolute Gasteiger partial charge is 0.339 e. The summed E-state index contributed by atoms with van der Waals surface area (Å²) in [5, 5.41) is 25.2. The molecule has 5 aliphatic carbocycles. The van der Waals surface area contributed by atoms with E-state index >= 15 is 0 Å². The van der Waals surface area contributed by atoms with E-state index in [0.29, 0.717) is 24.8 Å². The third-order valence-electron chi connectivity index (χ3n) is 17.3. The van der Waals surface area contributed by atoms with Crippen LogP contribution < -0.4 is 10.6 Å². The molecule has 59 heavy (non-hydrogen) atoms. The second kappa shape index (κ2) is 16.3. The number of aromatic carboxylic acids is 1. The highest BCUT2D eigenvalue weighted by Gasteiger charge is 2.69. The minimum atomic E-state index is -1.14. The van der Waals surface area contributed by atoms with Crippen LogP contribution in [0.3, 0.4) is 0 Å². The molecule has 0 aliphatic heterocycles. The molecule has 0 radical (unpaired) electrons. The number of amides is 2. The van der Waals surface area contributed by atoms with E-state index in [9.17, 15) is 34.2 Å². The van der Waals surface area contributed by atoms with E-state index in [4.69, 9.17) is 4.74 Å². The van der Waals surface area contributed by atoms with Crippen molar-refractivity contribution in [1.29, 1.82) is 0 Å². The van der Waals surface area contributed by atoms with E-state index in [2.05, 4.69) is 65.2 Å². The Kier molecular flexibility index (Phi) is 12.4. The van der Waals surface area contributed by atoms with E-state index in [1.165, 1.54) is 11.6 Å². The molecule has 0 spiro atoms. The van der Waals surface area contributed by atoms with Crippen LogP contribution in [0.4, 0.5) is 0 Å². The highest BCUT2D eigenvalue weighted by Crippen LogP contribution is 2.76. The second-order valence-corrected chi connectivity index (χ2v) is 21.7. The quantitative estimate of drug-likeness (QED) is 0.0871. The highest BCUT2D eigenvalue weighted by atomic mass is 16.5. The van der Waals surface area contributed by atoms with Gasteiger partial charge in [0.15, 0.2) is 0 Å². The molecule has 326 valence electrons. The first-order chi connectivity index (χ1) is 27.5. The van der Waals surface area contributed by atoms with Crippen molar-refractivity contribution in [2.24, 2.45) is 56.2 Å². The van der Waals surface area contributed by atoms with Crippen molar-refractivity contribution in [3.63, 3.8) is 0 Å². The molecule has 5 aliphatic rings. The molecule has 1 aromatic rings. The molecule has 9 atom stereocenters. The molecule has 4 N–H and O–H groups in total. The van der Waals surface area contributed by atoms with Gasteiger partial charge in [-0.1, -0.05) is 92.5 Å². The number of carbonyl (C=O) groups excluding carboxylic acids is 3. The summed E-state index contributed by atoms with van der Waals surface area (Å²) in [7, 11) is 0. The lowest BCUT2D eigenvalue weighted by Gasteiger charge is -2.71. The van der Waals surface area contributed by atoms with Crippen molar-refractivity contribution < 1.29 is 38.9 Å². The van der Waals surface area contributed by atoms with Crippen LogP contribution in [0.5, 0.6) is 0 Å². The molecular weight excluding hydrogens is 745 g/mol. The highest BCUT2D eigenvalue weighted by molar-refractivity contribution is 6.02. The molecular formula is C49H72N2O8. The number of rotatable bonds is 13. The van der Waals surface area contributed by atoms with Crippen LogP contribution in [0.25, 0.3) is 0 Å². The van der Waals surface area contributed by atoms with Crippen LogP contribution in [-0.2, 0) is 19.1 Å². The van der Waals surface area contributed by atoms with Crippen LogP contribution in [0.15, 0.2) is 35.9 Å². The summed E-state index contributed by atoms with van der Waals surface area (Å²) >= 11 is 0. The number of benzene rings is 1. The molecule has 0 aromatic heterocycles. The maximum Gasteiger partial charge on any atom is 0.339 e. The van der Waals surface area contributed by atoms with E-state index in [1.807, 2.05) is 0 Å². The molecule has 10 heteroatoms. The average Bonchev–Trinajstić information content (AvgIpc) is 3.16. The average molecular weight is 817 g/mol. The Hall–Kier alpha value is -3.69. The lowest BCUT2D eigenvalue weighted by atomic mass is 9.33.